The van der Waals surface area contributed by atoms with E-state index in [1.54, 1.807) is 18.3 Å². The second-order valence-corrected chi connectivity index (χ2v) is 5.85. The minimum absolute atomic E-state index is 0.119. The molecule has 24 heavy (non-hydrogen) atoms. The van der Waals surface area contributed by atoms with Crippen molar-refractivity contribution in [2.24, 2.45) is 0 Å². The average Bonchev–Trinajstić information content (AvgIpc) is 3.03. The minimum Gasteiger partial charge on any atom is -0.444 e. The summed E-state index contributed by atoms with van der Waals surface area (Å²) >= 11 is 5.86. The number of aromatic nitrogens is 2. The maximum absolute atomic E-state index is 12.0. The molecule has 0 saturated carbocycles. The molecule has 0 aliphatic carbocycles. The van der Waals surface area contributed by atoms with Crippen molar-refractivity contribution in [3.8, 4) is 11.5 Å². The maximum Gasteiger partial charge on any atom is 0.226 e. The fourth-order valence-corrected chi connectivity index (χ4v) is 2.27. The van der Waals surface area contributed by atoms with Gasteiger partial charge in [-0.15, -0.1) is 0 Å². The number of hydrogen-bond acceptors (Lipinski definition) is 4. The summed E-state index contributed by atoms with van der Waals surface area (Å²) in [7, 11) is 0. The third-order valence-electron chi connectivity index (χ3n) is 3.45. The number of nitrogens with one attached hydrogen (secondary N) is 1. The molecule has 0 aliphatic heterocycles. The molecule has 2 heterocycles. The third-order valence-corrected chi connectivity index (χ3v) is 3.70. The first-order chi connectivity index (χ1) is 11.6. The number of hydrogen-bond donors (Lipinski definition) is 1. The smallest absolute Gasteiger partial charge is 0.226 e. The number of amides is 1. The number of carbonyl (C=O) groups excluding carboxylic acids is 1. The first-order valence-electron chi connectivity index (χ1n) is 7.49. The van der Waals surface area contributed by atoms with Crippen LogP contribution in [0.15, 0.2) is 53.3 Å². The molecule has 0 radical (unpaired) electrons. The molecule has 0 aliphatic rings. The molecular formula is C18H16ClN3O2. The lowest BCUT2D eigenvalue weighted by atomic mass is 10.2. The first kappa shape index (κ1) is 16.2. The zero-order valence-corrected chi connectivity index (χ0v) is 13.9. The van der Waals surface area contributed by atoms with Crippen molar-refractivity contribution in [1.29, 1.82) is 0 Å². The van der Waals surface area contributed by atoms with Gasteiger partial charge >= 0.3 is 0 Å². The molecule has 122 valence electrons. The number of carbonyl (C=O) groups is 1. The van der Waals surface area contributed by atoms with Crippen molar-refractivity contribution in [3.63, 3.8) is 0 Å². The van der Waals surface area contributed by atoms with Crippen LogP contribution in [0.5, 0.6) is 0 Å². The molecule has 1 N–H and O–H groups in total. The number of aryl methyl sites for hydroxylation is 1. The second-order valence-electron chi connectivity index (χ2n) is 5.41. The summed E-state index contributed by atoms with van der Waals surface area (Å²) in [6, 6.07) is 11.0. The van der Waals surface area contributed by atoms with Gasteiger partial charge in [-0.3, -0.25) is 9.78 Å². The number of benzene rings is 1. The van der Waals surface area contributed by atoms with Crippen molar-refractivity contribution in [3.05, 3.63) is 70.8 Å². The van der Waals surface area contributed by atoms with Gasteiger partial charge in [0, 0.05) is 29.0 Å². The van der Waals surface area contributed by atoms with Crippen LogP contribution in [-0.2, 0) is 17.8 Å². The Bertz CT molecular complexity index is 826. The van der Waals surface area contributed by atoms with Gasteiger partial charge < -0.3 is 9.73 Å². The number of pyridine rings is 1. The summed E-state index contributed by atoms with van der Waals surface area (Å²) in [5.41, 5.74) is 3.30. The summed E-state index contributed by atoms with van der Waals surface area (Å²) < 4.78 is 5.42. The van der Waals surface area contributed by atoms with Crippen LogP contribution in [-0.4, -0.2) is 15.9 Å². The lowest BCUT2D eigenvalue weighted by Crippen LogP contribution is -2.24. The van der Waals surface area contributed by atoms with Gasteiger partial charge in [-0.05, 0) is 42.8 Å². The third kappa shape index (κ3) is 4.20. The van der Waals surface area contributed by atoms with Gasteiger partial charge in [-0.2, -0.15) is 0 Å². The molecule has 0 saturated heterocycles. The van der Waals surface area contributed by atoms with Gasteiger partial charge in [0.05, 0.1) is 12.1 Å². The fraction of sp³-hybridized carbons (Fsp3) is 0.167. The highest BCUT2D eigenvalue weighted by Crippen LogP contribution is 2.21. The SMILES string of the molecule is Cc1ccc(CNC(=O)Cc2coc(-c3ccc(Cl)cc3)n2)cn1. The molecular weight excluding hydrogens is 326 g/mol. The van der Waals surface area contributed by atoms with E-state index in [1.165, 1.54) is 6.26 Å². The van der Waals surface area contributed by atoms with Crippen molar-refractivity contribution in [1.82, 2.24) is 15.3 Å². The van der Waals surface area contributed by atoms with E-state index in [2.05, 4.69) is 15.3 Å². The van der Waals surface area contributed by atoms with E-state index in [-0.39, 0.29) is 12.3 Å². The summed E-state index contributed by atoms with van der Waals surface area (Å²) in [6.45, 7) is 2.36. The highest BCUT2D eigenvalue weighted by atomic mass is 35.5. The molecule has 0 spiro atoms. The van der Waals surface area contributed by atoms with Gasteiger partial charge in [-0.1, -0.05) is 17.7 Å². The van der Waals surface area contributed by atoms with E-state index in [0.29, 0.717) is 23.2 Å². The molecule has 1 amide bonds. The number of halogens is 1. The van der Waals surface area contributed by atoms with Gasteiger partial charge in [-0.25, -0.2) is 4.98 Å². The van der Waals surface area contributed by atoms with Crippen molar-refractivity contribution < 1.29 is 9.21 Å². The van der Waals surface area contributed by atoms with E-state index < -0.39 is 0 Å². The average molecular weight is 342 g/mol. The fourth-order valence-electron chi connectivity index (χ4n) is 2.14. The highest BCUT2D eigenvalue weighted by Gasteiger charge is 2.10. The van der Waals surface area contributed by atoms with Crippen LogP contribution >= 0.6 is 11.6 Å². The quantitative estimate of drug-likeness (QED) is 0.770. The zero-order valence-electron chi connectivity index (χ0n) is 13.1. The van der Waals surface area contributed by atoms with Crippen molar-refractivity contribution in [2.45, 2.75) is 19.9 Å². The topological polar surface area (TPSA) is 68.0 Å². The predicted octanol–water partition coefficient (Wildman–Crippen LogP) is 3.56. The Morgan fingerprint density at radius 3 is 2.71 bits per heavy atom. The van der Waals surface area contributed by atoms with Gasteiger partial charge in [0.15, 0.2) is 0 Å². The Hall–Kier alpha value is -2.66. The molecule has 5 nitrogen and oxygen atoms in total. The predicted molar refractivity (Wildman–Crippen MR) is 91.5 cm³/mol. The standard InChI is InChI=1S/C18H16ClN3O2/c1-12-2-3-13(9-20-12)10-21-17(23)8-16-11-24-18(22-16)14-4-6-15(19)7-5-14/h2-7,9,11H,8,10H2,1H3,(H,21,23). The number of rotatable bonds is 5. The lowest BCUT2D eigenvalue weighted by molar-refractivity contribution is -0.120. The van der Waals surface area contributed by atoms with E-state index in [1.807, 2.05) is 31.2 Å². The lowest BCUT2D eigenvalue weighted by Gasteiger charge is -2.04. The molecule has 0 atom stereocenters. The van der Waals surface area contributed by atoms with Crippen molar-refractivity contribution in [2.75, 3.05) is 0 Å². The van der Waals surface area contributed by atoms with Crippen LogP contribution < -0.4 is 5.32 Å². The highest BCUT2D eigenvalue weighted by molar-refractivity contribution is 6.30. The largest absolute Gasteiger partial charge is 0.444 e. The molecule has 0 bridgehead atoms. The van der Waals surface area contributed by atoms with Crippen LogP contribution in [0.4, 0.5) is 0 Å². The van der Waals surface area contributed by atoms with E-state index >= 15 is 0 Å². The molecule has 3 aromatic rings. The van der Waals surface area contributed by atoms with Crippen LogP contribution in [0.2, 0.25) is 5.02 Å². The Morgan fingerprint density at radius 2 is 2.00 bits per heavy atom. The normalized spacial score (nSPS) is 10.6. The minimum atomic E-state index is -0.119. The van der Waals surface area contributed by atoms with Crippen LogP contribution in [0.1, 0.15) is 17.0 Å². The molecule has 1 aromatic carbocycles. The van der Waals surface area contributed by atoms with E-state index in [4.69, 9.17) is 16.0 Å². The molecule has 6 heteroatoms. The summed E-state index contributed by atoms with van der Waals surface area (Å²) in [4.78, 5) is 20.5. The Balaban J connectivity index is 1.57. The second kappa shape index (κ2) is 7.27. The zero-order chi connectivity index (χ0) is 16.9. The Kier molecular flexibility index (Phi) is 4.91. The monoisotopic (exact) mass is 341 g/mol. The van der Waals surface area contributed by atoms with Crippen LogP contribution in [0.3, 0.4) is 0 Å². The summed E-state index contributed by atoms with van der Waals surface area (Å²) in [5.74, 6) is 0.351. The van der Waals surface area contributed by atoms with E-state index in [0.717, 1.165) is 16.8 Å². The summed E-state index contributed by atoms with van der Waals surface area (Å²) in [5, 5.41) is 3.49. The molecule has 0 fully saturated rings. The first-order valence-corrected chi connectivity index (χ1v) is 7.86. The number of oxazole rings is 1. The van der Waals surface area contributed by atoms with Gasteiger partial charge in [0.1, 0.15) is 6.26 Å². The van der Waals surface area contributed by atoms with Crippen LogP contribution in [0, 0.1) is 6.92 Å². The van der Waals surface area contributed by atoms with Gasteiger partial charge in [0.25, 0.3) is 0 Å². The molecule has 3 rings (SSSR count). The van der Waals surface area contributed by atoms with E-state index in [9.17, 15) is 4.79 Å². The van der Waals surface area contributed by atoms with Gasteiger partial charge in [0.2, 0.25) is 11.8 Å². The van der Waals surface area contributed by atoms with Crippen molar-refractivity contribution >= 4 is 17.5 Å². The molecule has 0 unspecified atom stereocenters. The summed E-state index contributed by atoms with van der Waals surface area (Å²) in [6.07, 6.45) is 3.41. The molecule has 2 aromatic heterocycles. The number of nitrogens with zero attached hydrogens (tertiary/aromatic N) is 2. The Morgan fingerprint density at radius 1 is 1.21 bits per heavy atom. The maximum atomic E-state index is 12.0. The van der Waals surface area contributed by atoms with Crippen LogP contribution in [0.25, 0.3) is 11.5 Å². The Labute approximate surface area is 144 Å².